The Bertz CT molecular complexity index is 469. The predicted molar refractivity (Wildman–Crippen MR) is 87.0 cm³/mol. The van der Waals surface area contributed by atoms with Gasteiger partial charge in [0, 0.05) is 71.7 Å². The van der Waals surface area contributed by atoms with Gasteiger partial charge in [-0.15, -0.1) is 0 Å². The summed E-state index contributed by atoms with van der Waals surface area (Å²) in [6.07, 6.45) is 0. The van der Waals surface area contributed by atoms with Crippen molar-refractivity contribution in [2.45, 2.75) is 0 Å². The summed E-state index contributed by atoms with van der Waals surface area (Å²) in [4.78, 5) is 18.7. The van der Waals surface area contributed by atoms with Crippen molar-refractivity contribution >= 4 is 11.6 Å². The van der Waals surface area contributed by atoms with Crippen molar-refractivity contribution in [1.29, 1.82) is 0 Å². The highest BCUT2D eigenvalue weighted by atomic mass is 16.2. The Labute approximate surface area is 127 Å². The van der Waals surface area contributed by atoms with E-state index in [0.717, 1.165) is 50.5 Å². The molecule has 0 spiro atoms. The van der Waals surface area contributed by atoms with E-state index in [1.807, 2.05) is 55.2 Å². The van der Waals surface area contributed by atoms with Crippen molar-refractivity contribution < 1.29 is 4.79 Å². The minimum Gasteiger partial charge on any atom is -0.378 e. The van der Waals surface area contributed by atoms with E-state index in [2.05, 4.69) is 10.2 Å². The Kier molecular flexibility index (Phi) is 5.59. The van der Waals surface area contributed by atoms with Crippen LogP contribution in [0.3, 0.4) is 0 Å². The van der Waals surface area contributed by atoms with Crippen LogP contribution in [0.2, 0.25) is 0 Å². The maximum atomic E-state index is 12.5. The van der Waals surface area contributed by atoms with E-state index in [1.165, 1.54) is 0 Å². The summed E-state index contributed by atoms with van der Waals surface area (Å²) in [5, 5.41) is 3.34. The summed E-state index contributed by atoms with van der Waals surface area (Å²) in [5.74, 6) is 0.0915. The van der Waals surface area contributed by atoms with Gasteiger partial charge < -0.3 is 15.1 Å². The molecule has 1 fully saturated rings. The molecule has 0 aliphatic carbocycles. The molecule has 0 aromatic heterocycles. The number of carbonyl (C=O) groups is 1. The average molecular weight is 290 g/mol. The van der Waals surface area contributed by atoms with Crippen LogP contribution in [0.1, 0.15) is 10.4 Å². The molecule has 1 aromatic rings. The molecule has 0 saturated carbocycles. The second kappa shape index (κ2) is 7.43. The van der Waals surface area contributed by atoms with Crippen molar-refractivity contribution in [3.05, 3.63) is 29.8 Å². The van der Waals surface area contributed by atoms with E-state index in [-0.39, 0.29) is 5.91 Å². The number of nitrogens with zero attached hydrogens (tertiary/aromatic N) is 3. The third-order valence-electron chi connectivity index (χ3n) is 3.92. The standard InChI is InChI=1S/C16H26N4O/c1-18(2)15-6-4-5-14(13-15)16(21)19(3)11-12-20-9-7-17-8-10-20/h4-6,13,17H,7-12H2,1-3H3. The van der Waals surface area contributed by atoms with Crippen molar-refractivity contribution in [2.75, 3.05) is 65.3 Å². The van der Waals surface area contributed by atoms with Crippen LogP contribution in [0.15, 0.2) is 24.3 Å². The molecule has 116 valence electrons. The van der Waals surface area contributed by atoms with E-state index in [4.69, 9.17) is 0 Å². The Morgan fingerprint density at radius 3 is 2.62 bits per heavy atom. The van der Waals surface area contributed by atoms with Gasteiger partial charge in [-0.25, -0.2) is 0 Å². The van der Waals surface area contributed by atoms with Crippen LogP contribution in [0.4, 0.5) is 5.69 Å². The van der Waals surface area contributed by atoms with Gasteiger partial charge in [-0.1, -0.05) is 6.07 Å². The van der Waals surface area contributed by atoms with Crippen molar-refractivity contribution in [2.24, 2.45) is 0 Å². The monoisotopic (exact) mass is 290 g/mol. The molecule has 1 aliphatic heterocycles. The molecule has 1 N–H and O–H groups in total. The van der Waals surface area contributed by atoms with Gasteiger partial charge in [0.05, 0.1) is 0 Å². The summed E-state index contributed by atoms with van der Waals surface area (Å²) >= 11 is 0. The highest BCUT2D eigenvalue weighted by molar-refractivity contribution is 5.95. The molecule has 0 unspecified atom stereocenters. The first-order valence-corrected chi connectivity index (χ1v) is 7.54. The summed E-state index contributed by atoms with van der Waals surface area (Å²) in [6, 6.07) is 7.78. The van der Waals surface area contributed by atoms with Crippen LogP contribution in [0.25, 0.3) is 0 Å². The number of benzene rings is 1. The number of carbonyl (C=O) groups excluding carboxylic acids is 1. The van der Waals surface area contributed by atoms with Gasteiger partial charge in [0.1, 0.15) is 0 Å². The first-order chi connectivity index (χ1) is 10.1. The van der Waals surface area contributed by atoms with Crippen LogP contribution in [-0.2, 0) is 0 Å². The number of amides is 1. The first kappa shape index (κ1) is 15.8. The Morgan fingerprint density at radius 2 is 1.95 bits per heavy atom. The molecule has 5 heteroatoms. The zero-order chi connectivity index (χ0) is 15.2. The van der Waals surface area contributed by atoms with Crippen LogP contribution in [-0.4, -0.2) is 76.1 Å². The van der Waals surface area contributed by atoms with E-state index >= 15 is 0 Å². The second-order valence-electron chi connectivity index (χ2n) is 5.76. The SMILES string of the molecule is CN(CCN1CCNCC1)C(=O)c1cccc(N(C)C)c1. The van der Waals surface area contributed by atoms with Gasteiger partial charge in [0.15, 0.2) is 0 Å². The van der Waals surface area contributed by atoms with E-state index in [9.17, 15) is 4.79 Å². The molecule has 1 heterocycles. The molecule has 1 saturated heterocycles. The summed E-state index contributed by atoms with van der Waals surface area (Å²) in [7, 11) is 5.85. The number of anilines is 1. The lowest BCUT2D eigenvalue weighted by atomic mass is 10.1. The van der Waals surface area contributed by atoms with Crippen LogP contribution in [0.5, 0.6) is 0 Å². The average Bonchev–Trinajstić information content (AvgIpc) is 2.53. The predicted octanol–water partition coefficient (Wildman–Crippen LogP) is 0.730. The molecule has 0 bridgehead atoms. The topological polar surface area (TPSA) is 38.8 Å². The molecule has 1 aliphatic rings. The third kappa shape index (κ3) is 4.44. The fourth-order valence-corrected chi connectivity index (χ4v) is 2.47. The number of nitrogens with one attached hydrogen (secondary N) is 1. The molecule has 0 atom stereocenters. The van der Waals surface area contributed by atoms with E-state index in [1.54, 1.807) is 0 Å². The van der Waals surface area contributed by atoms with Crippen molar-refractivity contribution in [3.8, 4) is 0 Å². The number of piperazine rings is 1. The lowest BCUT2D eigenvalue weighted by Crippen LogP contribution is -2.46. The minimum atomic E-state index is 0.0915. The highest BCUT2D eigenvalue weighted by Crippen LogP contribution is 2.14. The summed E-state index contributed by atoms with van der Waals surface area (Å²) in [6.45, 7) is 5.93. The number of rotatable bonds is 5. The minimum absolute atomic E-state index is 0.0915. The van der Waals surface area contributed by atoms with E-state index < -0.39 is 0 Å². The van der Waals surface area contributed by atoms with Gasteiger partial charge in [-0.3, -0.25) is 9.69 Å². The first-order valence-electron chi connectivity index (χ1n) is 7.54. The Morgan fingerprint density at radius 1 is 1.24 bits per heavy atom. The second-order valence-corrected chi connectivity index (χ2v) is 5.76. The largest absolute Gasteiger partial charge is 0.378 e. The van der Waals surface area contributed by atoms with Crippen molar-refractivity contribution in [3.63, 3.8) is 0 Å². The lowest BCUT2D eigenvalue weighted by Gasteiger charge is -2.29. The number of hydrogen-bond acceptors (Lipinski definition) is 4. The third-order valence-corrected chi connectivity index (χ3v) is 3.92. The van der Waals surface area contributed by atoms with Gasteiger partial charge in [0.25, 0.3) is 5.91 Å². The fraction of sp³-hybridized carbons (Fsp3) is 0.562. The smallest absolute Gasteiger partial charge is 0.253 e. The van der Waals surface area contributed by atoms with Gasteiger partial charge >= 0.3 is 0 Å². The zero-order valence-corrected chi connectivity index (χ0v) is 13.3. The van der Waals surface area contributed by atoms with E-state index in [0.29, 0.717) is 0 Å². The normalized spacial score (nSPS) is 15.8. The molecule has 1 amide bonds. The Hall–Kier alpha value is -1.59. The Balaban J connectivity index is 1.90. The lowest BCUT2D eigenvalue weighted by molar-refractivity contribution is 0.0775. The van der Waals surface area contributed by atoms with Crippen LogP contribution in [0, 0.1) is 0 Å². The van der Waals surface area contributed by atoms with Crippen molar-refractivity contribution in [1.82, 2.24) is 15.1 Å². The molecule has 5 nitrogen and oxygen atoms in total. The zero-order valence-electron chi connectivity index (χ0n) is 13.3. The maximum absolute atomic E-state index is 12.5. The molecule has 21 heavy (non-hydrogen) atoms. The summed E-state index contributed by atoms with van der Waals surface area (Å²) < 4.78 is 0. The number of hydrogen-bond donors (Lipinski definition) is 1. The fourth-order valence-electron chi connectivity index (χ4n) is 2.47. The molecule has 1 aromatic carbocycles. The van der Waals surface area contributed by atoms with Gasteiger partial charge in [-0.05, 0) is 18.2 Å². The quantitative estimate of drug-likeness (QED) is 0.868. The maximum Gasteiger partial charge on any atom is 0.253 e. The molecule has 0 radical (unpaired) electrons. The molecular weight excluding hydrogens is 264 g/mol. The van der Waals surface area contributed by atoms with Gasteiger partial charge in [-0.2, -0.15) is 0 Å². The number of likely N-dealkylation sites (N-methyl/N-ethyl adjacent to an activating group) is 1. The highest BCUT2D eigenvalue weighted by Gasteiger charge is 2.15. The summed E-state index contributed by atoms with van der Waals surface area (Å²) in [5.41, 5.74) is 1.81. The molecule has 2 rings (SSSR count). The van der Waals surface area contributed by atoms with Crippen LogP contribution >= 0.6 is 0 Å². The van der Waals surface area contributed by atoms with Crippen LogP contribution < -0.4 is 10.2 Å². The van der Waals surface area contributed by atoms with Gasteiger partial charge in [0.2, 0.25) is 0 Å². The molecular formula is C16H26N4O.